The van der Waals surface area contributed by atoms with Gasteiger partial charge in [0.2, 0.25) is 11.8 Å². The lowest BCUT2D eigenvalue weighted by molar-refractivity contribution is -0.137. The molecule has 2 amide bonds. The zero-order valence-corrected chi connectivity index (χ0v) is 15.4. The summed E-state index contributed by atoms with van der Waals surface area (Å²) in [6.07, 6.45) is -4.56. The minimum Gasteiger partial charge on any atom is -0.326 e. The van der Waals surface area contributed by atoms with Gasteiger partial charge in [-0.25, -0.2) is 0 Å². The molecule has 0 radical (unpaired) electrons. The lowest BCUT2D eigenvalue weighted by Gasteiger charge is -2.24. The van der Waals surface area contributed by atoms with E-state index in [1.54, 1.807) is 0 Å². The summed E-state index contributed by atoms with van der Waals surface area (Å²) in [4.78, 5) is 25.0. The smallest absolute Gasteiger partial charge is 0.326 e. The van der Waals surface area contributed by atoms with Crippen LogP contribution in [0.1, 0.15) is 23.1 Å². The van der Waals surface area contributed by atoms with E-state index in [2.05, 4.69) is 10.6 Å². The maximum absolute atomic E-state index is 12.8. The third-order valence-electron chi connectivity index (χ3n) is 4.00. The summed E-state index contributed by atoms with van der Waals surface area (Å²) in [6.45, 7) is 3.83. The first-order valence-corrected chi connectivity index (χ1v) is 9.07. The van der Waals surface area contributed by atoms with Crippen LogP contribution in [0.15, 0.2) is 41.3 Å². The molecule has 1 unspecified atom stereocenters. The van der Waals surface area contributed by atoms with E-state index in [1.807, 2.05) is 32.0 Å². The topological polar surface area (TPSA) is 58.2 Å². The van der Waals surface area contributed by atoms with Crippen molar-refractivity contribution < 1.29 is 22.8 Å². The van der Waals surface area contributed by atoms with Gasteiger partial charge in [-0.2, -0.15) is 13.2 Å². The van der Waals surface area contributed by atoms with Crippen LogP contribution in [0.4, 0.5) is 24.5 Å². The summed E-state index contributed by atoms with van der Waals surface area (Å²) in [5.74, 6) is -0.814. The molecule has 0 fully saturated rings. The van der Waals surface area contributed by atoms with Gasteiger partial charge < -0.3 is 10.6 Å². The highest BCUT2D eigenvalue weighted by Gasteiger charge is 2.34. The molecular weight excluding hydrogens is 377 g/mol. The predicted molar refractivity (Wildman–Crippen MR) is 98.9 cm³/mol. The zero-order chi connectivity index (χ0) is 19.8. The second kappa shape index (κ2) is 7.26. The highest BCUT2D eigenvalue weighted by Crippen LogP contribution is 2.40. The average Bonchev–Trinajstić information content (AvgIpc) is 2.53. The number of carbonyl (C=O) groups is 2. The number of rotatable bonds is 3. The fraction of sp³-hybridized carbons (Fsp3) is 0.263. The van der Waals surface area contributed by atoms with Crippen molar-refractivity contribution in [2.24, 2.45) is 0 Å². The molecule has 0 saturated heterocycles. The quantitative estimate of drug-likeness (QED) is 0.789. The molecule has 1 aliphatic rings. The summed E-state index contributed by atoms with van der Waals surface area (Å²) in [5, 5.41) is 4.53. The third kappa shape index (κ3) is 4.63. The van der Waals surface area contributed by atoms with Crippen molar-refractivity contribution in [2.45, 2.75) is 36.6 Å². The molecule has 0 saturated carbocycles. The molecule has 2 aromatic rings. The third-order valence-corrected chi connectivity index (χ3v) is 5.28. The van der Waals surface area contributed by atoms with Crippen LogP contribution in [0.3, 0.4) is 0 Å². The first kappa shape index (κ1) is 19.3. The Kier molecular flexibility index (Phi) is 5.19. The summed E-state index contributed by atoms with van der Waals surface area (Å²) in [7, 11) is 0. The van der Waals surface area contributed by atoms with Crippen LogP contribution < -0.4 is 10.6 Å². The molecule has 1 heterocycles. The molecule has 0 spiro atoms. The Labute approximate surface area is 158 Å². The number of benzene rings is 2. The van der Waals surface area contributed by atoms with E-state index in [4.69, 9.17) is 0 Å². The zero-order valence-electron chi connectivity index (χ0n) is 14.6. The Hall–Kier alpha value is -2.48. The van der Waals surface area contributed by atoms with Crippen LogP contribution in [-0.2, 0) is 15.8 Å². The highest BCUT2D eigenvalue weighted by molar-refractivity contribution is 8.01. The summed E-state index contributed by atoms with van der Waals surface area (Å²) in [6, 6.07) is 8.82. The van der Waals surface area contributed by atoms with E-state index in [-0.39, 0.29) is 18.0 Å². The van der Waals surface area contributed by atoms with Gasteiger partial charge in [0.25, 0.3) is 0 Å². The molecule has 8 heteroatoms. The van der Waals surface area contributed by atoms with Crippen molar-refractivity contribution in [1.82, 2.24) is 0 Å². The van der Waals surface area contributed by atoms with Crippen molar-refractivity contribution in [3.8, 4) is 0 Å². The lowest BCUT2D eigenvalue weighted by atomic mass is 10.1. The molecular formula is C19H17F3N2O2S. The number of amides is 2. The van der Waals surface area contributed by atoms with Gasteiger partial charge in [0.15, 0.2) is 0 Å². The van der Waals surface area contributed by atoms with Crippen molar-refractivity contribution in [1.29, 1.82) is 0 Å². The van der Waals surface area contributed by atoms with Gasteiger partial charge in [0, 0.05) is 17.0 Å². The first-order valence-electron chi connectivity index (χ1n) is 8.19. The maximum Gasteiger partial charge on any atom is 0.416 e. The number of aryl methyl sites for hydroxylation is 2. The number of nitrogens with one attached hydrogen (secondary N) is 2. The minimum absolute atomic E-state index is 0.0794. The molecule has 0 aliphatic carbocycles. The van der Waals surface area contributed by atoms with Gasteiger partial charge in [-0.05, 0) is 55.3 Å². The van der Waals surface area contributed by atoms with Gasteiger partial charge in [-0.3, -0.25) is 9.59 Å². The van der Waals surface area contributed by atoms with E-state index >= 15 is 0 Å². The number of carbonyl (C=O) groups excluding carboxylic acids is 2. The van der Waals surface area contributed by atoms with Crippen LogP contribution in [0.2, 0.25) is 0 Å². The van der Waals surface area contributed by atoms with E-state index < -0.39 is 22.9 Å². The second-order valence-electron chi connectivity index (χ2n) is 6.43. The van der Waals surface area contributed by atoms with Crippen LogP contribution in [0.25, 0.3) is 0 Å². The molecule has 2 aromatic carbocycles. The van der Waals surface area contributed by atoms with Crippen molar-refractivity contribution in [3.63, 3.8) is 0 Å². The fourth-order valence-corrected chi connectivity index (χ4v) is 3.98. The van der Waals surface area contributed by atoms with Crippen molar-refractivity contribution in [2.75, 3.05) is 10.6 Å². The van der Waals surface area contributed by atoms with E-state index in [0.717, 1.165) is 35.0 Å². The Bertz CT molecular complexity index is 892. The van der Waals surface area contributed by atoms with Crippen LogP contribution >= 0.6 is 11.8 Å². The van der Waals surface area contributed by atoms with E-state index in [0.29, 0.717) is 10.6 Å². The first-order chi connectivity index (χ1) is 12.6. The number of halogens is 3. The molecule has 1 aliphatic heterocycles. The number of thioether (sulfide) groups is 1. The lowest BCUT2D eigenvalue weighted by Crippen LogP contribution is -2.32. The Balaban J connectivity index is 1.70. The molecule has 0 bridgehead atoms. The van der Waals surface area contributed by atoms with Gasteiger partial charge in [-0.1, -0.05) is 6.07 Å². The second-order valence-corrected chi connectivity index (χ2v) is 7.68. The Morgan fingerprint density at radius 1 is 1.15 bits per heavy atom. The van der Waals surface area contributed by atoms with Crippen LogP contribution in [0, 0.1) is 13.8 Å². The maximum atomic E-state index is 12.8. The number of fused-ring (bicyclic) bond motifs is 1. The number of hydrogen-bond donors (Lipinski definition) is 2. The average molecular weight is 394 g/mol. The molecule has 3 rings (SSSR count). The van der Waals surface area contributed by atoms with Gasteiger partial charge >= 0.3 is 6.18 Å². The highest BCUT2D eigenvalue weighted by atomic mass is 32.2. The molecule has 2 N–H and O–H groups in total. The minimum atomic E-state index is -4.48. The number of alkyl halides is 3. The molecule has 142 valence electrons. The fourth-order valence-electron chi connectivity index (χ4n) is 2.89. The normalized spacial score (nSPS) is 16.5. The summed E-state index contributed by atoms with van der Waals surface area (Å²) < 4.78 is 38.4. The Morgan fingerprint density at radius 3 is 2.44 bits per heavy atom. The molecule has 27 heavy (non-hydrogen) atoms. The number of anilines is 2. The van der Waals surface area contributed by atoms with Crippen molar-refractivity contribution >= 4 is 35.0 Å². The SMILES string of the molecule is Cc1cc(C)cc(NC(=O)CC2Sc3ccc(C(F)(F)F)cc3NC2=O)c1. The molecule has 4 nitrogen and oxygen atoms in total. The predicted octanol–water partition coefficient (Wildman–Crippen LogP) is 4.76. The summed E-state index contributed by atoms with van der Waals surface area (Å²) >= 11 is 1.09. The van der Waals surface area contributed by atoms with Crippen molar-refractivity contribution in [3.05, 3.63) is 53.1 Å². The monoisotopic (exact) mass is 394 g/mol. The summed E-state index contributed by atoms with van der Waals surface area (Å²) in [5.41, 5.74) is 1.95. The molecule has 0 aromatic heterocycles. The Morgan fingerprint density at radius 2 is 1.81 bits per heavy atom. The van der Waals surface area contributed by atoms with Gasteiger partial charge in [0.1, 0.15) is 0 Å². The number of hydrogen-bond acceptors (Lipinski definition) is 3. The van der Waals surface area contributed by atoms with E-state index in [9.17, 15) is 22.8 Å². The molecule has 1 atom stereocenters. The van der Waals surface area contributed by atoms with Gasteiger partial charge in [-0.15, -0.1) is 11.8 Å². The van der Waals surface area contributed by atoms with Crippen LogP contribution in [0.5, 0.6) is 0 Å². The largest absolute Gasteiger partial charge is 0.416 e. The van der Waals surface area contributed by atoms with Crippen LogP contribution in [-0.4, -0.2) is 17.1 Å². The standard InChI is InChI=1S/C19H17F3N2O2S/c1-10-5-11(2)7-13(6-10)23-17(25)9-16-18(26)24-14-8-12(19(20,21)22)3-4-15(14)27-16/h3-8,16H,9H2,1-2H3,(H,23,25)(H,24,26). The van der Waals surface area contributed by atoms with Gasteiger partial charge in [0.05, 0.1) is 16.5 Å². The van der Waals surface area contributed by atoms with E-state index in [1.165, 1.54) is 6.07 Å².